The summed E-state index contributed by atoms with van der Waals surface area (Å²) in [6.45, 7) is 4.17. The van der Waals surface area contributed by atoms with Gasteiger partial charge in [0.1, 0.15) is 29.3 Å². The van der Waals surface area contributed by atoms with Gasteiger partial charge in [-0.1, -0.05) is 35.9 Å². The maximum Gasteiger partial charge on any atom is 0.418 e. The Morgan fingerprint density at radius 2 is 1.60 bits per heavy atom. The van der Waals surface area contributed by atoms with Crippen molar-refractivity contribution in [2.45, 2.75) is 39.2 Å². The lowest BCUT2D eigenvalue weighted by Gasteiger charge is -2.27. The van der Waals surface area contributed by atoms with Crippen LogP contribution in [0, 0.1) is 6.92 Å². The van der Waals surface area contributed by atoms with Gasteiger partial charge in [-0.15, -0.1) is 0 Å². The molecular weight excluding hydrogens is 735 g/mol. The average Bonchev–Trinajstić information content (AvgIpc) is 3.16. The van der Waals surface area contributed by atoms with Crippen molar-refractivity contribution in [3.63, 3.8) is 0 Å². The second kappa shape index (κ2) is 16.7. The molecule has 6 rings (SSSR count). The first-order valence-electron chi connectivity index (χ1n) is 17.2. The van der Waals surface area contributed by atoms with Crippen molar-refractivity contribution in [1.29, 1.82) is 0 Å². The number of hydrogen-bond acceptors (Lipinski definition) is 10. The molecular formula is C40H39ClF3N7O4. The summed E-state index contributed by atoms with van der Waals surface area (Å²) in [5.41, 5.74) is 6.90. The van der Waals surface area contributed by atoms with Crippen LogP contribution in [0.2, 0.25) is 5.02 Å². The van der Waals surface area contributed by atoms with Gasteiger partial charge in [-0.2, -0.15) is 13.2 Å². The summed E-state index contributed by atoms with van der Waals surface area (Å²) in [6.07, 6.45) is -0.427. The number of aryl methyl sites for hydroxylation is 1. The number of hydrogen-bond donors (Lipinski definition) is 3. The topological polar surface area (TPSA) is 141 Å². The van der Waals surface area contributed by atoms with Crippen LogP contribution in [0.15, 0.2) is 90.2 Å². The zero-order chi connectivity index (χ0) is 39.3. The van der Waals surface area contributed by atoms with E-state index in [0.29, 0.717) is 30.3 Å². The van der Waals surface area contributed by atoms with Crippen LogP contribution in [0.3, 0.4) is 0 Å². The van der Waals surface area contributed by atoms with Crippen LogP contribution in [0.25, 0.3) is 22.2 Å². The van der Waals surface area contributed by atoms with E-state index in [9.17, 15) is 4.79 Å². The number of methoxy groups -OCH3 is 2. The lowest BCUT2D eigenvalue weighted by molar-refractivity contribution is -0.137. The van der Waals surface area contributed by atoms with Crippen LogP contribution < -0.4 is 35.7 Å². The number of alkyl halides is 3. The largest absolute Gasteiger partial charge is 0.497 e. The molecule has 286 valence electrons. The molecule has 0 spiro atoms. The molecule has 11 nitrogen and oxygen atoms in total. The Labute approximate surface area is 320 Å². The molecule has 1 atom stereocenters. The molecule has 3 aromatic heterocycles. The average molecular weight is 774 g/mol. The monoisotopic (exact) mass is 773 g/mol. The fourth-order valence-corrected chi connectivity index (χ4v) is 6.53. The summed E-state index contributed by atoms with van der Waals surface area (Å²) < 4.78 is 61.8. The minimum absolute atomic E-state index is 0.00279. The summed E-state index contributed by atoms with van der Waals surface area (Å²) in [6, 6.07) is 19.2. The van der Waals surface area contributed by atoms with E-state index in [-0.39, 0.29) is 57.8 Å². The van der Waals surface area contributed by atoms with Gasteiger partial charge in [-0.25, -0.2) is 9.97 Å². The van der Waals surface area contributed by atoms with E-state index in [1.165, 1.54) is 25.4 Å². The second-order valence-corrected chi connectivity index (χ2v) is 13.2. The first-order valence-corrected chi connectivity index (χ1v) is 17.6. The van der Waals surface area contributed by atoms with E-state index < -0.39 is 23.0 Å². The van der Waals surface area contributed by atoms with E-state index in [0.717, 1.165) is 16.7 Å². The van der Waals surface area contributed by atoms with Gasteiger partial charge < -0.3 is 35.1 Å². The zero-order valence-electron chi connectivity index (χ0n) is 30.5. The highest BCUT2D eigenvalue weighted by Gasteiger charge is 2.38. The Balaban J connectivity index is 1.43. The number of nitrogen functional groups attached to an aromatic ring is 1. The Morgan fingerprint density at radius 1 is 0.964 bits per heavy atom. The predicted molar refractivity (Wildman–Crippen MR) is 207 cm³/mol. The van der Waals surface area contributed by atoms with E-state index in [2.05, 4.69) is 20.3 Å². The maximum absolute atomic E-state index is 15.0. The van der Waals surface area contributed by atoms with Gasteiger partial charge in [0.25, 0.3) is 5.56 Å². The third-order valence-corrected chi connectivity index (χ3v) is 9.41. The number of pyridine rings is 2. The van der Waals surface area contributed by atoms with E-state index in [4.69, 9.17) is 36.5 Å². The zero-order valence-corrected chi connectivity index (χ0v) is 31.3. The quantitative estimate of drug-likeness (QED) is 0.0937. The Hall–Kier alpha value is -5.86. The van der Waals surface area contributed by atoms with E-state index >= 15 is 13.2 Å². The number of nitrogens with one attached hydrogen (secondary N) is 2. The highest BCUT2D eigenvalue weighted by atomic mass is 35.5. The molecule has 0 radical (unpaired) electrons. The molecule has 0 amide bonds. The summed E-state index contributed by atoms with van der Waals surface area (Å²) >= 11 is 6.98. The first kappa shape index (κ1) is 38.9. The Bertz CT molecular complexity index is 2290. The van der Waals surface area contributed by atoms with Gasteiger partial charge in [-0.05, 0) is 78.6 Å². The van der Waals surface area contributed by atoms with Crippen LogP contribution in [-0.4, -0.2) is 47.3 Å². The predicted octanol–water partition coefficient (Wildman–Crippen LogP) is 7.90. The highest BCUT2D eigenvalue weighted by Crippen LogP contribution is 2.46. The number of aromatic nitrogens is 4. The molecule has 0 bridgehead atoms. The number of anilines is 2. The third kappa shape index (κ3) is 8.93. The number of halogens is 4. The minimum atomic E-state index is -4.82. The standard InChI is InChI=1S/C40H39ClF3N7O4/c1-23-15-33(51(20-25-5-9-29(53-3)10-6-25)21-26-7-11-30(54-4)12-8-26)50-37(35(23)40(42,43)44)31-17-32-34(39(52)49-22-48-32)38(36(31)41)55-14-13-47-24(2)27-16-28(45)19-46-18-27/h5-12,15-19,22,24,47H,13-14,20-21,45H2,1-4H3,(H,48,49,52)/t24-/m0/s1. The fraction of sp³-hybridized carbons (Fsp3) is 0.250. The SMILES string of the molecule is COc1ccc(CN(Cc2ccc(OC)cc2)c2cc(C)c(C(F)(F)F)c(-c3cc4nc[nH]c(=O)c4c(OCCN[C@@H](C)c4cncc(N)c4)c3Cl)n2)cc1. The summed E-state index contributed by atoms with van der Waals surface area (Å²) in [5.74, 6) is 1.47. The molecule has 0 aliphatic carbocycles. The normalized spacial score (nSPS) is 12.1. The van der Waals surface area contributed by atoms with Crippen molar-refractivity contribution in [2.75, 3.05) is 38.0 Å². The van der Waals surface area contributed by atoms with Crippen LogP contribution in [-0.2, 0) is 19.3 Å². The van der Waals surface area contributed by atoms with Crippen molar-refractivity contribution in [3.05, 3.63) is 129 Å². The molecule has 3 heterocycles. The lowest BCUT2D eigenvalue weighted by atomic mass is 9.99. The molecule has 4 N–H and O–H groups in total. The van der Waals surface area contributed by atoms with Crippen molar-refractivity contribution >= 4 is 34.0 Å². The van der Waals surface area contributed by atoms with Crippen LogP contribution in [0.5, 0.6) is 17.2 Å². The molecule has 55 heavy (non-hydrogen) atoms. The van der Waals surface area contributed by atoms with Crippen LogP contribution >= 0.6 is 11.6 Å². The van der Waals surface area contributed by atoms with Crippen LogP contribution in [0.4, 0.5) is 24.7 Å². The first-order chi connectivity index (χ1) is 26.4. The molecule has 0 aliphatic rings. The van der Waals surface area contributed by atoms with Gasteiger partial charge >= 0.3 is 6.18 Å². The smallest absolute Gasteiger partial charge is 0.418 e. The summed E-state index contributed by atoms with van der Waals surface area (Å²) in [4.78, 5) is 30.6. The molecule has 0 saturated heterocycles. The number of fused-ring (bicyclic) bond motifs is 1. The van der Waals surface area contributed by atoms with Crippen molar-refractivity contribution < 1.29 is 27.4 Å². The van der Waals surface area contributed by atoms with Crippen LogP contribution in [0.1, 0.15) is 40.8 Å². The van der Waals surface area contributed by atoms with E-state index in [1.54, 1.807) is 32.7 Å². The molecule has 0 unspecified atom stereocenters. The Kier molecular flexibility index (Phi) is 11.8. The second-order valence-electron chi connectivity index (χ2n) is 12.8. The van der Waals surface area contributed by atoms with Crippen molar-refractivity contribution in [3.8, 4) is 28.5 Å². The molecule has 0 saturated carbocycles. The Morgan fingerprint density at radius 3 is 2.18 bits per heavy atom. The molecule has 15 heteroatoms. The molecule has 0 aliphatic heterocycles. The summed E-state index contributed by atoms with van der Waals surface area (Å²) in [5, 5.41) is 3.06. The van der Waals surface area contributed by atoms with Gasteiger partial charge in [-0.3, -0.25) is 9.78 Å². The number of H-pyrrole nitrogens is 1. The maximum atomic E-state index is 15.0. The van der Waals surface area contributed by atoms with Gasteiger partial charge in [0.2, 0.25) is 0 Å². The fourth-order valence-electron chi connectivity index (χ4n) is 6.23. The van der Waals surface area contributed by atoms with Gasteiger partial charge in [0.15, 0.2) is 5.75 Å². The molecule has 6 aromatic rings. The lowest BCUT2D eigenvalue weighted by Crippen LogP contribution is -2.25. The number of aromatic amines is 1. The number of benzene rings is 3. The number of ether oxygens (including phenoxy) is 3. The highest BCUT2D eigenvalue weighted by molar-refractivity contribution is 6.36. The van der Waals surface area contributed by atoms with Crippen molar-refractivity contribution in [1.82, 2.24) is 25.3 Å². The summed E-state index contributed by atoms with van der Waals surface area (Å²) in [7, 11) is 3.14. The van der Waals surface area contributed by atoms with Gasteiger partial charge in [0.05, 0.1) is 48.0 Å². The molecule has 3 aromatic carbocycles. The minimum Gasteiger partial charge on any atom is -0.497 e. The van der Waals surface area contributed by atoms with Gasteiger partial charge in [0, 0.05) is 43.6 Å². The van der Waals surface area contributed by atoms with E-state index in [1.807, 2.05) is 60.4 Å². The van der Waals surface area contributed by atoms with Crippen molar-refractivity contribution in [2.24, 2.45) is 0 Å². The number of nitrogens with two attached hydrogens (primary N) is 1. The third-order valence-electron chi connectivity index (χ3n) is 9.04. The number of nitrogens with zero attached hydrogens (tertiary/aromatic N) is 4. The molecule has 0 fully saturated rings. The number of rotatable bonds is 14.